The second kappa shape index (κ2) is 8.38. The largest absolute Gasteiger partial charge is 0.452 e. The molecule has 7 nitrogen and oxygen atoms in total. The van der Waals surface area contributed by atoms with Crippen molar-refractivity contribution < 1.29 is 23.9 Å². The van der Waals surface area contributed by atoms with Gasteiger partial charge in [0.05, 0.1) is 17.7 Å². The molecule has 0 saturated carbocycles. The average molecular weight is 382 g/mol. The third-order valence-corrected chi connectivity index (χ3v) is 4.87. The van der Waals surface area contributed by atoms with E-state index in [1.54, 1.807) is 48.5 Å². The van der Waals surface area contributed by atoms with Crippen molar-refractivity contribution in [1.29, 1.82) is 5.26 Å². The van der Waals surface area contributed by atoms with E-state index in [1.807, 2.05) is 0 Å². The van der Waals surface area contributed by atoms with Crippen LogP contribution in [0.2, 0.25) is 0 Å². The Kier molecular flexibility index (Phi) is 5.74. The number of hydrogen-bond donors (Lipinski definition) is 0. The van der Waals surface area contributed by atoms with Crippen molar-refractivity contribution in [3.63, 3.8) is 0 Å². The van der Waals surface area contributed by atoms with Crippen LogP contribution in [0.15, 0.2) is 58.3 Å². The fourth-order valence-corrected chi connectivity index (χ4v) is 3.41. The molecule has 0 radical (unpaired) electrons. The highest BCUT2D eigenvalue weighted by atomic mass is 32.2. The summed E-state index contributed by atoms with van der Waals surface area (Å²) in [5.74, 6) is -1.32. The van der Waals surface area contributed by atoms with Crippen LogP contribution in [-0.2, 0) is 14.3 Å². The first-order valence-corrected chi connectivity index (χ1v) is 8.82. The normalized spacial score (nSPS) is 13.0. The molecule has 0 N–H and O–H groups in total. The van der Waals surface area contributed by atoms with Crippen molar-refractivity contribution >= 4 is 29.7 Å². The number of imide groups is 1. The third kappa shape index (κ3) is 4.27. The van der Waals surface area contributed by atoms with Crippen LogP contribution in [-0.4, -0.2) is 42.6 Å². The summed E-state index contributed by atoms with van der Waals surface area (Å²) in [7, 11) is 0. The first-order chi connectivity index (χ1) is 13.1. The van der Waals surface area contributed by atoms with Crippen LogP contribution in [0.25, 0.3) is 0 Å². The van der Waals surface area contributed by atoms with Gasteiger partial charge in [-0.3, -0.25) is 4.79 Å². The molecule has 8 heteroatoms. The van der Waals surface area contributed by atoms with E-state index < -0.39 is 24.6 Å². The van der Waals surface area contributed by atoms with Crippen LogP contribution in [0.1, 0.15) is 15.9 Å². The summed E-state index contributed by atoms with van der Waals surface area (Å²) in [5.41, 5.74) is 0.764. The quantitative estimate of drug-likeness (QED) is 0.734. The SMILES string of the molecule is N#Cc1ccccc1Sc1ccccc1C(=O)OCC(=O)N1CCOC1=O. The van der Waals surface area contributed by atoms with Gasteiger partial charge in [-0.2, -0.15) is 5.26 Å². The van der Waals surface area contributed by atoms with Gasteiger partial charge in [0.25, 0.3) is 5.91 Å². The molecular weight excluding hydrogens is 368 g/mol. The van der Waals surface area contributed by atoms with Gasteiger partial charge in [-0.15, -0.1) is 0 Å². The Labute approximate surface area is 159 Å². The molecule has 0 spiro atoms. The first kappa shape index (κ1) is 18.5. The van der Waals surface area contributed by atoms with Gasteiger partial charge in [0, 0.05) is 9.79 Å². The number of carbonyl (C=O) groups is 3. The highest BCUT2D eigenvalue weighted by Gasteiger charge is 2.29. The van der Waals surface area contributed by atoms with Crippen LogP contribution in [0.4, 0.5) is 4.79 Å². The molecule has 2 aromatic carbocycles. The number of cyclic esters (lactones) is 1. The standard InChI is InChI=1S/C19H14N2O5S/c20-11-13-5-1-3-7-15(13)27-16-8-4-2-6-14(16)18(23)26-12-17(22)21-9-10-25-19(21)24/h1-8H,9-10,12H2. The molecule has 0 aliphatic carbocycles. The van der Waals surface area contributed by atoms with E-state index in [-0.39, 0.29) is 18.7 Å². The molecule has 3 rings (SSSR count). The van der Waals surface area contributed by atoms with Crippen LogP contribution in [0, 0.1) is 11.3 Å². The molecule has 1 aliphatic heterocycles. The topological polar surface area (TPSA) is 96.7 Å². The molecule has 27 heavy (non-hydrogen) atoms. The van der Waals surface area contributed by atoms with Gasteiger partial charge in [-0.25, -0.2) is 14.5 Å². The predicted molar refractivity (Wildman–Crippen MR) is 95.1 cm³/mol. The molecule has 1 saturated heterocycles. The zero-order valence-corrected chi connectivity index (χ0v) is 14.9. The maximum Gasteiger partial charge on any atom is 0.416 e. The molecule has 0 bridgehead atoms. The molecule has 0 atom stereocenters. The van der Waals surface area contributed by atoms with Gasteiger partial charge < -0.3 is 9.47 Å². The molecule has 1 heterocycles. The van der Waals surface area contributed by atoms with E-state index >= 15 is 0 Å². The third-order valence-electron chi connectivity index (χ3n) is 3.72. The van der Waals surface area contributed by atoms with Gasteiger partial charge >= 0.3 is 12.1 Å². The van der Waals surface area contributed by atoms with Crippen molar-refractivity contribution in [2.75, 3.05) is 19.8 Å². The first-order valence-electron chi connectivity index (χ1n) is 8.00. The lowest BCUT2D eigenvalue weighted by molar-refractivity contribution is -0.131. The Morgan fingerprint density at radius 3 is 2.56 bits per heavy atom. The lowest BCUT2D eigenvalue weighted by Gasteiger charge is -2.12. The number of ether oxygens (including phenoxy) is 2. The van der Waals surface area contributed by atoms with E-state index in [1.165, 1.54) is 11.8 Å². The van der Waals surface area contributed by atoms with Gasteiger partial charge in [0.1, 0.15) is 12.7 Å². The summed E-state index contributed by atoms with van der Waals surface area (Å²) in [4.78, 5) is 37.9. The van der Waals surface area contributed by atoms with Crippen molar-refractivity contribution in [3.8, 4) is 6.07 Å². The molecule has 0 unspecified atom stereocenters. The molecule has 0 aromatic heterocycles. The maximum atomic E-state index is 12.4. The Morgan fingerprint density at radius 1 is 1.15 bits per heavy atom. The lowest BCUT2D eigenvalue weighted by Crippen LogP contribution is -2.35. The summed E-state index contributed by atoms with van der Waals surface area (Å²) < 4.78 is 9.75. The number of amides is 2. The van der Waals surface area contributed by atoms with Gasteiger partial charge in [0.2, 0.25) is 0 Å². The summed E-state index contributed by atoms with van der Waals surface area (Å²) in [6, 6.07) is 15.9. The Hall–Kier alpha value is -3.31. The molecule has 136 valence electrons. The van der Waals surface area contributed by atoms with E-state index in [0.717, 1.165) is 4.90 Å². The molecular formula is C19H14N2O5S. The van der Waals surface area contributed by atoms with Crippen LogP contribution in [0.3, 0.4) is 0 Å². The fraction of sp³-hybridized carbons (Fsp3) is 0.158. The zero-order chi connectivity index (χ0) is 19.2. The monoisotopic (exact) mass is 382 g/mol. The number of benzene rings is 2. The summed E-state index contributed by atoms with van der Waals surface area (Å²) >= 11 is 1.26. The van der Waals surface area contributed by atoms with Crippen molar-refractivity contribution in [1.82, 2.24) is 4.90 Å². The summed E-state index contributed by atoms with van der Waals surface area (Å²) in [6.07, 6.45) is -0.736. The zero-order valence-electron chi connectivity index (χ0n) is 14.1. The van der Waals surface area contributed by atoms with Crippen LogP contribution >= 0.6 is 11.8 Å². The van der Waals surface area contributed by atoms with Crippen molar-refractivity contribution in [2.24, 2.45) is 0 Å². The van der Waals surface area contributed by atoms with Crippen molar-refractivity contribution in [3.05, 3.63) is 59.7 Å². The van der Waals surface area contributed by atoms with Gasteiger partial charge in [-0.1, -0.05) is 36.0 Å². The smallest absolute Gasteiger partial charge is 0.416 e. The van der Waals surface area contributed by atoms with Gasteiger partial charge in [0.15, 0.2) is 6.61 Å². The second-order valence-corrected chi connectivity index (χ2v) is 6.53. The Bertz CT molecular complexity index is 938. The summed E-state index contributed by atoms with van der Waals surface area (Å²) in [6.45, 7) is -0.273. The van der Waals surface area contributed by atoms with Crippen molar-refractivity contribution in [2.45, 2.75) is 9.79 Å². The molecule has 1 fully saturated rings. The fourth-order valence-electron chi connectivity index (χ4n) is 2.39. The molecule has 2 aromatic rings. The number of carbonyl (C=O) groups excluding carboxylic acids is 3. The van der Waals surface area contributed by atoms with E-state index in [0.29, 0.717) is 15.4 Å². The summed E-state index contributed by atoms with van der Waals surface area (Å²) in [5, 5.41) is 9.21. The number of rotatable bonds is 5. The predicted octanol–water partition coefficient (Wildman–Crippen LogP) is 2.85. The molecule has 1 aliphatic rings. The average Bonchev–Trinajstić information content (AvgIpc) is 3.12. The highest BCUT2D eigenvalue weighted by Crippen LogP contribution is 2.32. The maximum absolute atomic E-state index is 12.4. The van der Waals surface area contributed by atoms with Crippen LogP contribution in [0.5, 0.6) is 0 Å². The minimum atomic E-state index is -0.736. The van der Waals surface area contributed by atoms with E-state index in [2.05, 4.69) is 10.8 Å². The number of nitriles is 1. The second-order valence-electron chi connectivity index (χ2n) is 5.44. The Morgan fingerprint density at radius 2 is 1.85 bits per heavy atom. The minimum Gasteiger partial charge on any atom is -0.452 e. The van der Waals surface area contributed by atoms with E-state index in [4.69, 9.17) is 4.74 Å². The number of nitrogens with zero attached hydrogens (tertiary/aromatic N) is 2. The van der Waals surface area contributed by atoms with Gasteiger partial charge in [-0.05, 0) is 24.3 Å². The van der Waals surface area contributed by atoms with E-state index in [9.17, 15) is 19.6 Å². The number of hydrogen-bond acceptors (Lipinski definition) is 7. The number of esters is 1. The Balaban J connectivity index is 1.71. The minimum absolute atomic E-state index is 0.135. The lowest BCUT2D eigenvalue weighted by atomic mass is 10.2. The van der Waals surface area contributed by atoms with Crippen LogP contribution < -0.4 is 0 Å². The highest BCUT2D eigenvalue weighted by molar-refractivity contribution is 7.99. The molecule has 2 amide bonds.